The number of ether oxygens (including phenoxy) is 2. The molecule has 0 radical (unpaired) electrons. The van der Waals surface area contributed by atoms with Gasteiger partial charge in [-0.1, -0.05) is 0 Å². The molecule has 1 aromatic rings. The van der Waals surface area contributed by atoms with Crippen molar-refractivity contribution < 1.29 is 27.2 Å². The predicted octanol–water partition coefficient (Wildman–Crippen LogP) is 1.18. The van der Waals surface area contributed by atoms with Crippen LogP contribution in [-0.4, -0.2) is 38.9 Å². The van der Waals surface area contributed by atoms with Gasteiger partial charge in [0.2, 0.25) is 5.91 Å². The topological polar surface area (TPSA) is 102 Å². The van der Waals surface area contributed by atoms with E-state index in [1.807, 2.05) is 0 Å². The number of rotatable bonds is 6. The summed E-state index contributed by atoms with van der Waals surface area (Å²) in [6.07, 6.45) is 0. The van der Waals surface area contributed by atoms with Crippen LogP contribution in [0.2, 0.25) is 0 Å². The molecule has 0 spiro atoms. The van der Waals surface area contributed by atoms with E-state index >= 15 is 0 Å². The van der Waals surface area contributed by atoms with Gasteiger partial charge < -0.3 is 14.8 Å². The molecule has 0 unspecified atom stereocenters. The standard InChI is InChI=1S/C10H13NO6S2/c1-16-7-3-4-9(17-2)8(5-7)11-10(12)6-18-19(13,14)15/h3-5H,6H2,1-2H3,(H,11,12)(H,13,14,15). The number of methoxy groups -OCH3 is 2. The molecule has 0 saturated heterocycles. The average Bonchev–Trinajstić information content (AvgIpc) is 2.35. The smallest absolute Gasteiger partial charge is 0.320 e. The summed E-state index contributed by atoms with van der Waals surface area (Å²) < 4.78 is 39.6. The van der Waals surface area contributed by atoms with Gasteiger partial charge in [-0.15, -0.1) is 0 Å². The van der Waals surface area contributed by atoms with Crippen molar-refractivity contribution >= 4 is 31.5 Å². The Labute approximate surface area is 114 Å². The first-order valence-corrected chi connectivity index (χ1v) is 7.93. The zero-order chi connectivity index (χ0) is 14.5. The minimum atomic E-state index is -4.24. The summed E-state index contributed by atoms with van der Waals surface area (Å²) >= 11 is 0. The van der Waals surface area contributed by atoms with Crippen molar-refractivity contribution in [2.75, 3.05) is 25.3 Å². The van der Waals surface area contributed by atoms with Crippen LogP contribution in [0.3, 0.4) is 0 Å². The highest BCUT2D eigenvalue weighted by atomic mass is 33.1. The maximum Gasteiger partial charge on any atom is 0.320 e. The van der Waals surface area contributed by atoms with E-state index in [1.165, 1.54) is 20.3 Å². The van der Waals surface area contributed by atoms with E-state index in [4.69, 9.17) is 14.0 Å². The number of hydrogen-bond acceptors (Lipinski definition) is 6. The second kappa shape index (κ2) is 6.64. The van der Waals surface area contributed by atoms with Gasteiger partial charge in [-0.3, -0.25) is 9.35 Å². The summed E-state index contributed by atoms with van der Waals surface area (Å²) in [4.78, 5) is 11.5. The fraction of sp³-hybridized carbons (Fsp3) is 0.300. The first-order valence-electron chi connectivity index (χ1n) is 4.99. The monoisotopic (exact) mass is 307 g/mol. The third-order valence-electron chi connectivity index (χ3n) is 2.02. The molecule has 2 N–H and O–H groups in total. The van der Waals surface area contributed by atoms with Crippen LogP contribution in [0.15, 0.2) is 18.2 Å². The minimum Gasteiger partial charge on any atom is -0.497 e. The van der Waals surface area contributed by atoms with Crippen molar-refractivity contribution in [3.05, 3.63) is 18.2 Å². The van der Waals surface area contributed by atoms with Crippen LogP contribution in [-0.2, 0) is 13.9 Å². The Morgan fingerprint density at radius 3 is 2.58 bits per heavy atom. The molecule has 1 aromatic carbocycles. The SMILES string of the molecule is COc1ccc(OC)c(NC(=O)CSS(=O)(=O)O)c1. The quantitative estimate of drug-likeness (QED) is 0.601. The van der Waals surface area contributed by atoms with Gasteiger partial charge in [-0.25, -0.2) is 0 Å². The number of carbonyl (C=O) groups is 1. The summed E-state index contributed by atoms with van der Waals surface area (Å²) in [5.41, 5.74) is 0.350. The number of amides is 1. The molecular weight excluding hydrogens is 294 g/mol. The zero-order valence-corrected chi connectivity index (χ0v) is 11.9. The maximum atomic E-state index is 11.5. The van der Waals surface area contributed by atoms with Crippen molar-refractivity contribution in [2.45, 2.75) is 0 Å². The fourth-order valence-electron chi connectivity index (χ4n) is 1.23. The highest BCUT2D eigenvalue weighted by molar-refractivity contribution is 8.70. The molecular formula is C10H13NO6S2. The molecule has 7 nitrogen and oxygen atoms in total. The lowest BCUT2D eigenvalue weighted by molar-refractivity contribution is -0.113. The molecule has 106 valence electrons. The molecule has 0 aliphatic carbocycles. The second-order valence-corrected chi connectivity index (χ2v) is 6.65. The molecule has 1 amide bonds. The van der Waals surface area contributed by atoms with Crippen LogP contribution in [0, 0.1) is 0 Å². The lowest BCUT2D eigenvalue weighted by atomic mass is 10.2. The van der Waals surface area contributed by atoms with Gasteiger partial charge in [0.05, 0.1) is 25.7 Å². The Morgan fingerprint density at radius 1 is 1.37 bits per heavy atom. The van der Waals surface area contributed by atoms with Gasteiger partial charge in [0.25, 0.3) is 0 Å². The fourth-order valence-corrected chi connectivity index (χ4v) is 2.32. The summed E-state index contributed by atoms with van der Waals surface area (Å²) in [7, 11) is -1.20. The largest absolute Gasteiger partial charge is 0.497 e. The summed E-state index contributed by atoms with van der Waals surface area (Å²) in [5.74, 6) is -0.0992. The Bertz CT molecular complexity index is 557. The van der Waals surface area contributed by atoms with Crippen LogP contribution in [0.25, 0.3) is 0 Å². The Hall–Kier alpha value is -1.45. The van der Waals surface area contributed by atoms with Crippen molar-refractivity contribution in [1.82, 2.24) is 0 Å². The summed E-state index contributed by atoms with van der Waals surface area (Å²) in [6.45, 7) is 0. The Balaban J connectivity index is 2.77. The normalized spacial score (nSPS) is 10.9. The van der Waals surface area contributed by atoms with Crippen LogP contribution in [0.1, 0.15) is 0 Å². The van der Waals surface area contributed by atoms with Crippen molar-refractivity contribution in [3.8, 4) is 11.5 Å². The zero-order valence-electron chi connectivity index (χ0n) is 10.2. The third-order valence-corrected chi connectivity index (χ3v) is 3.94. The van der Waals surface area contributed by atoms with Gasteiger partial charge in [-0.2, -0.15) is 8.42 Å². The molecule has 0 saturated carbocycles. The molecule has 0 bridgehead atoms. The molecule has 0 aliphatic heterocycles. The van der Waals surface area contributed by atoms with Gasteiger partial charge in [-0.05, 0) is 12.1 Å². The number of hydrogen-bond donors (Lipinski definition) is 2. The first kappa shape index (κ1) is 15.6. The van der Waals surface area contributed by atoms with Crippen LogP contribution in [0.5, 0.6) is 11.5 Å². The van der Waals surface area contributed by atoms with Crippen molar-refractivity contribution in [3.63, 3.8) is 0 Å². The van der Waals surface area contributed by atoms with Crippen molar-refractivity contribution in [2.24, 2.45) is 0 Å². The Morgan fingerprint density at radius 2 is 2.05 bits per heavy atom. The molecule has 1 rings (SSSR count). The van der Waals surface area contributed by atoms with Gasteiger partial charge >= 0.3 is 9.15 Å². The van der Waals surface area contributed by atoms with Crippen molar-refractivity contribution in [1.29, 1.82) is 0 Å². The highest BCUT2D eigenvalue weighted by Crippen LogP contribution is 2.29. The van der Waals surface area contributed by atoms with Gasteiger partial charge in [0.1, 0.15) is 11.5 Å². The van der Waals surface area contributed by atoms with E-state index in [-0.39, 0.29) is 10.8 Å². The van der Waals surface area contributed by atoms with Crippen LogP contribution >= 0.6 is 10.8 Å². The molecule has 0 heterocycles. The van der Waals surface area contributed by atoms with Crippen LogP contribution < -0.4 is 14.8 Å². The van der Waals surface area contributed by atoms with Gasteiger partial charge in [0.15, 0.2) is 0 Å². The molecule has 0 fully saturated rings. The van der Waals surface area contributed by atoms with E-state index in [0.717, 1.165) is 0 Å². The van der Waals surface area contributed by atoms with E-state index < -0.39 is 20.8 Å². The highest BCUT2D eigenvalue weighted by Gasteiger charge is 2.13. The lowest BCUT2D eigenvalue weighted by Gasteiger charge is -2.11. The summed E-state index contributed by atoms with van der Waals surface area (Å²) in [5, 5.41) is 2.47. The minimum absolute atomic E-state index is 0.128. The van der Waals surface area contributed by atoms with Crippen LogP contribution in [0.4, 0.5) is 5.69 Å². The number of benzene rings is 1. The van der Waals surface area contributed by atoms with E-state index in [9.17, 15) is 13.2 Å². The third kappa shape index (κ3) is 5.37. The van der Waals surface area contributed by atoms with E-state index in [1.54, 1.807) is 12.1 Å². The van der Waals surface area contributed by atoms with Gasteiger partial charge in [0, 0.05) is 16.9 Å². The number of anilines is 1. The predicted molar refractivity (Wildman–Crippen MR) is 72.2 cm³/mol. The number of nitrogens with one attached hydrogen (secondary N) is 1. The summed E-state index contributed by atoms with van der Waals surface area (Å²) in [6, 6.07) is 4.79. The molecule has 0 aliphatic rings. The Kier molecular flexibility index (Phi) is 5.45. The average molecular weight is 307 g/mol. The van der Waals surface area contributed by atoms with E-state index in [2.05, 4.69) is 5.32 Å². The maximum absolute atomic E-state index is 11.5. The molecule has 9 heteroatoms. The lowest BCUT2D eigenvalue weighted by Crippen LogP contribution is -2.16. The van der Waals surface area contributed by atoms with E-state index in [0.29, 0.717) is 17.2 Å². The molecule has 19 heavy (non-hydrogen) atoms. The molecule has 0 atom stereocenters. The first-order chi connectivity index (χ1) is 8.85. The molecule has 0 aromatic heterocycles. The second-order valence-electron chi connectivity index (χ2n) is 3.30. The number of carbonyl (C=O) groups excluding carboxylic acids is 1.